The molecule has 6 N–H and O–H groups in total. The van der Waals surface area contributed by atoms with Crippen molar-refractivity contribution in [2.75, 3.05) is 35.8 Å². The first-order valence-electron chi connectivity index (χ1n) is 11.3. The number of nitrogens with zero attached hydrogens (tertiary/aromatic N) is 1. The minimum Gasteiger partial charge on any atom is -0.466 e. The van der Waals surface area contributed by atoms with Crippen molar-refractivity contribution in [1.82, 2.24) is 9.97 Å². The highest BCUT2D eigenvalue weighted by atomic mass is 32.2. The lowest BCUT2D eigenvalue weighted by molar-refractivity contribution is -0.145. The predicted molar refractivity (Wildman–Crippen MR) is 134 cm³/mol. The lowest BCUT2D eigenvalue weighted by atomic mass is 9.90. The highest BCUT2D eigenvalue weighted by Crippen LogP contribution is 2.37. The van der Waals surface area contributed by atoms with Gasteiger partial charge in [0.1, 0.15) is 16.8 Å². The maximum Gasteiger partial charge on any atom is 0.328 e. The molecule has 0 aromatic carbocycles. The Labute approximate surface area is 206 Å². The first-order valence-corrected chi connectivity index (χ1v) is 13.1. The van der Waals surface area contributed by atoms with Crippen molar-refractivity contribution < 1.29 is 19.1 Å². The Hall–Kier alpha value is -2.73. The number of carbonyl (C=O) groups is 2. The van der Waals surface area contributed by atoms with E-state index in [1.807, 2.05) is 0 Å². The monoisotopic (exact) mass is 509 g/mol. The van der Waals surface area contributed by atoms with E-state index in [-0.39, 0.29) is 42.3 Å². The van der Waals surface area contributed by atoms with Gasteiger partial charge in [-0.05, 0) is 57.1 Å². The van der Waals surface area contributed by atoms with Crippen LogP contribution in [0, 0.1) is 5.92 Å². The van der Waals surface area contributed by atoms with Crippen LogP contribution in [0.5, 0.6) is 0 Å². The first-order chi connectivity index (χ1) is 16.3. The van der Waals surface area contributed by atoms with Gasteiger partial charge in [-0.15, -0.1) is 23.1 Å². The van der Waals surface area contributed by atoms with E-state index in [4.69, 9.17) is 20.9 Å². The molecular formula is C22H31N5O5S2. The molecule has 0 aliphatic heterocycles. The SMILES string of the molecule is CCOC(=O)CC[C@H](Nc1cc2c(s1)CC(CSc1c(N)nc(N)[nH]c1=O)CC2)C(=O)OCC. The zero-order valence-corrected chi connectivity index (χ0v) is 21.0. The van der Waals surface area contributed by atoms with Gasteiger partial charge in [0.2, 0.25) is 5.95 Å². The number of hydrogen-bond acceptors (Lipinski definition) is 11. The maximum atomic E-state index is 12.4. The number of thioether (sulfide) groups is 1. The molecule has 2 heterocycles. The molecule has 10 nitrogen and oxygen atoms in total. The number of anilines is 3. The molecule has 0 bridgehead atoms. The van der Waals surface area contributed by atoms with E-state index in [9.17, 15) is 14.4 Å². The topological polar surface area (TPSA) is 162 Å². The van der Waals surface area contributed by atoms with Crippen LogP contribution in [0.3, 0.4) is 0 Å². The van der Waals surface area contributed by atoms with E-state index in [0.29, 0.717) is 23.8 Å². The summed E-state index contributed by atoms with van der Waals surface area (Å²) < 4.78 is 10.2. The van der Waals surface area contributed by atoms with Gasteiger partial charge >= 0.3 is 11.9 Å². The fraction of sp³-hybridized carbons (Fsp3) is 0.545. The Balaban J connectivity index is 1.62. The summed E-state index contributed by atoms with van der Waals surface area (Å²) in [5.74, 6) is 0.566. The number of nitrogens with two attached hydrogens (primary N) is 2. The second-order valence-corrected chi connectivity index (χ2v) is 10.1. The van der Waals surface area contributed by atoms with Crippen LogP contribution >= 0.6 is 23.1 Å². The van der Waals surface area contributed by atoms with Gasteiger partial charge in [0.25, 0.3) is 5.56 Å². The van der Waals surface area contributed by atoms with Crippen LogP contribution in [-0.4, -0.2) is 46.9 Å². The Kier molecular flexibility index (Phi) is 9.22. The van der Waals surface area contributed by atoms with Crippen molar-refractivity contribution in [2.24, 2.45) is 5.92 Å². The average molecular weight is 510 g/mol. The third-order valence-electron chi connectivity index (χ3n) is 5.41. The summed E-state index contributed by atoms with van der Waals surface area (Å²) in [4.78, 5) is 44.4. The molecule has 2 aromatic rings. The van der Waals surface area contributed by atoms with Crippen LogP contribution < -0.4 is 22.3 Å². The molecule has 0 spiro atoms. The number of hydrogen-bond donors (Lipinski definition) is 4. The third-order valence-corrected chi connectivity index (χ3v) is 7.86. The summed E-state index contributed by atoms with van der Waals surface area (Å²) in [6.07, 6.45) is 3.21. The van der Waals surface area contributed by atoms with Crippen LogP contribution in [-0.2, 0) is 31.9 Å². The molecule has 0 saturated heterocycles. The number of aromatic nitrogens is 2. The van der Waals surface area contributed by atoms with Crippen LogP contribution in [0.2, 0.25) is 0 Å². The number of aromatic amines is 1. The zero-order valence-electron chi connectivity index (χ0n) is 19.3. The summed E-state index contributed by atoms with van der Waals surface area (Å²) in [5, 5.41) is 4.14. The summed E-state index contributed by atoms with van der Waals surface area (Å²) in [6, 6.07) is 1.45. The molecule has 2 aromatic heterocycles. The summed E-state index contributed by atoms with van der Waals surface area (Å²) >= 11 is 3.01. The molecule has 1 aliphatic rings. The lowest BCUT2D eigenvalue weighted by Crippen LogP contribution is -2.32. The molecule has 0 saturated carbocycles. The molecule has 34 heavy (non-hydrogen) atoms. The molecule has 0 fully saturated rings. The van der Waals surface area contributed by atoms with Gasteiger partial charge in [-0.1, -0.05) is 0 Å². The van der Waals surface area contributed by atoms with Gasteiger partial charge in [-0.2, -0.15) is 4.98 Å². The molecule has 1 unspecified atom stereocenters. The van der Waals surface area contributed by atoms with Crippen molar-refractivity contribution in [3.63, 3.8) is 0 Å². The van der Waals surface area contributed by atoms with Crippen LogP contribution in [0.4, 0.5) is 16.8 Å². The molecule has 186 valence electrons. The number of nitrogen functional groups attached to an aromatic ring is 2. The Morgan fingerprint density at radius 2 is 2.09 bits per heavy atom. The van der Waals surface area contributed by atoms with E-state index >= 15 is 0 Å². The second-order valence-electron chi connectivity index (χ2n) is 7.94. The van der Waals surface area contributed by atoms with Crippen molar-refractivity contribution >= 4 is 51.8 Å². The van der Waals surface area contributed by atoms with Gasteiger partial charge in [0.05, 0.1) is 18.2 Å². The van der Waals surface area contributed by atoms with Crippen LogP contribution in [0.25, 0.3) is 0 Å². The Morgan fingerprint density at radius 1 is 1.32 bits per heavy atom. The van der Waals surface area contributed by atoms with Gasteiger partial charge in [0.15, 0.2) is 0 Å². The number of thiophene rings is 1. The van der Waals surface area contributed by atoms with Gasteiger partial charge < -0.3 is 26.3 Å². The van der Waals surface area contributed by atoms with E-state index < -0.39 is 6.04 Å². The molecule has 2 atom stereocenters. The Bertz CT molecular complexity index is 1070. The minimum absolute atomic E-state index is 0.0103. The number of H-pyrrole nitrogens is 1. The molecule has 0 radical (unpaired) electrons. The van der Waals surface area contributed by atoms with E-state index in [0.717, 1.165) is 30.0 Å². The molecule has 1 aliphatic carbocycles. The number of nitrogens with one attached hydrogen (secondary N) is 2. The van der Waals surface area contributed by atoms with Gasteiger partial charge in [-0.3, -0.25) is 14.6 Å². The zero-order chi connectivity index (χ0) is 24.7. The highest BCUT2D eigenvalue weighted by molar-refractivity contribution is 7.99. The molecular weight excluding hydrogens is 478 g/mol. The third kappa shape index (κ3) is 6.89. The Morgan fingerprint density at radius 3 is 2.79 bits per heavy atom. The highest BCUT2D eigenvalue weighted by Gasteiger charge is 2.26. The van der Waals surface area contributed by atoms with Gasteiger partial charge in [0, 0.05) is 17.1 Å². The molecule has 12 heteroatoms. The van der Waals surface area contributed by atoms with E-state index in [2.05, 4.69) is 21.4 Å². The summed E-state index contributed by atoms with van der Waals surface area (Å²) in [7, 11) is 0. The predicted octanol–water partition coefficient (Wildman–Crippen LogP) is 2.58. The number of aryl methyl sites for hydroxylation is 1. The first kappa shape index (κ1) is 25.9. The van der Waals surface area contributed by atoms with Crippen molar-refractivity contribution in [1.29, 1.82) is 0 Å². The van der Waals surface area contributed by atoms with E-state index in [1.165, 1.54) is 22.2 Å². The smallest absolute Gasteiger partial charge is 0.328 e. The fourth-order valence-corrected chi connectivity index (χ4v) is 6.13. The lowest BCUT2D eigenvalue weighted by Gasteiger charge is -2.21. The molecule has 3 rings (SSSR count). The normalized spacial score (nSPS) is 15.9. The quantitative estimate of drug-likeness (QED) is 0.261. The largest absolute Gasteiger partial charge is 0.466 e. The second kappa shape index (κ2) is 12.1. The summed E-state index contributed by atoms with van der Waals surface area (Å²) in [5.41, 5.74) is 12.3. The van der Waals surface area contributed by atoms with Crippen molar-refractivity contribution in [3.8, 4) is 0 Å². The molecule has 0 amide bonds. The number of ether oxygens (including phenoxy) is 2. The van der Waals surface area contributed by atoms with E-state index in [1.54, 1.807) is 25.2 Å². The number of rotatable bonds is 11. The van der Waals surface area contributed by atoms with Crippen molar-refractivity contribution in [3.05, 3.63) is 26.9 Å². The number of esters is 2. The van der Waals surface area contributed by atoms with Gasteiger partial charge in [-0.25, -0.2) is 4.79 Å². The van der Waals surface area contributed by atoms with Crippen molar-refractivity contribution in [2.45, 2.75) is 56.9 Å². The number of carbonyl (C=O) groups excluding carboxylic acids is 2. The fourth-order valence-electron chi connectivity index (χ4n) is 3.79. The standard InChI is InChI=1S/C22H31N5O5S2/c1-3-31-17(28)8-7-14(21(30)32-4-2)25-16-10-13-6-5-12(9-15(13)34-16)11-33-18-19(23)26-22(24)27-20(18)29/h10,12,14,25H,3-9,11H2,1-2H3,(H5,23,24,26,27,29)/t12?,14-/m0/s1. The number of fused-ring (bicyclic) bond motifs is 1. The minimum atomic E-state index is -0.622. The van der Waals surface area contributed by atoms with Crippen LogP contribution in [0.1, 0.15) is 43.6 Å². The van der Waals surface area contributed by atoms with Crippen LogP contribution in [0.15, 0.2) is 15.8 Å². The maximum absolute atomic E-state index is 12.4. The summed E-state index contributed by atoms with van der Waals surface area (Å²) in [6.45, 7) is 4.08. The average Bonchev–Trinajstić information content (AvgIpc) is 3.18.